The molecule has 4 aliphatic carbocycles. The molecule has 4 bridgehead atoms. The van der Waals surface area contributed by atoms with Crippen LogP contribution in [0.15, 0.2) is 0 Å². The molecule has 5 heteroatoms. The molecular formula is C15H25N3O2. The second-order valence-electron chi connectivity index (χ2n) is 6.91. The predicted molar refractivity (Wildman–Crippen MR) is 76.0 cm³/mol. The van der Waals surface area contributed by atoms with Crippen LogP contribution in [0.1, 0.15) is 39.0 Å². The molecule has 4 saturated carbocycles. The Balaban J connectivity index is 1.57. The molecule has 3 N–H and O–H groups in total. The standard InChI is InChI=1S/C15H25N3O2/c1-8(14(19)18-15(20)16-2)17-13-11-4-9-3-10(6-11)7-12(13)5-9/h8-13,17H,3-7H2,1-2H3,(H2,16,18,19,20)/t8-,9?,10?,11?,12?,13?/m1/s1. The Bertz CT molecular complexity index is 382. The van der Waals surface area contributed by atoms with Crippen LogP contribution in [0, 0.1) is 23.7 Å². The number of urea groups is 1. The van der Waals surface area contributed by atoms with E-state index in [1.54, 1.807) is 0 Å². The van der Waals surface area contributed by atoms with Crippen LogP contribution < -0.4 is 16.0 Å². The van der Waals surface area contributed by atoms with E-state index in [2.05, 4.69) is 16.0 Å². The smallest absolute Gasteiger partial charge is 0.321 e. The van der Waals surface area contributed by atoms with Gasteiger partial charge in [-0.2, -0.15) is 0 Å². The molecule has 4 aliphatic rings. The minimum atomic E-state index is -0.436. The molecule has 20 heavy (non-hydrogen) atoms. The van der Waals surface area contributed by atoms with Gasteiger partial charge in [-0.15, -0.1) is 0 Å². The Morgan fingerprint density at radius 1 is 1.00 bits per heavy atom. The number of hydrogen-bond donors (Lipinski definition) is 3. The van der Waals surface area contributed by atoms with E-state index >= 15 is 0 Å². The summed E-state index contributed by atoms with van der Waals surface area (Å²) in [5.74, 6) is 3.11. The molecular weight excluding hydrogens is 254 g/mol. The van der Waals surface area contributed by atoms with Crippen molar-refractivity contribution in [2.75, 3.05) is 7.05 Å². The molecule has 112 valence electrons. The van der Waals surface area contributed by atoms with Crippen molar-refractivity contribution in [3.8, 4) is 0 Å². The molecule has 0 aromatic heterocycles. The van der Waals surface area contributed by atoms with E-state index in [9.17, 15) is 9.59 Å². The number of rotatable bonds is 3. The number of hydrogen-bond acceptors (Lipinski definition) is 3. The van der Waals surface area contributed by atoms with Crippen molar-refractivity contribution in [3.63, 3.8) is 0 Å². The zero-order chi connectivity index (χ0) is 14.3. The molecule has 3 amide bonds. The molecule has 0 spiro atoms. The lowest BCUT2D eigenvalue weighted by atomic mass is 9.54. The van der Waals surface area contributed by atoms with E-state index in [0.29, 0.717) is 6.04 Å². The van der Waals surface area contributed by atoms with Gasteiger partial charge in [0.2, 0.25) is 5.91 Å². The van der Waals surface area contributed by atoms with Gasteiger partial charge in [-0.3, -0.25) is 10.1 Å². The third kappa shape index (κ3) is 2.55. The van der Waals surface area contributed by atoms with Gasteiger partial charge in [-0.25, -0.2) is 4.79 Å². The van der Waals surface area contributed by atoms with E-state index in [-0.39, 0.29) is 11.9 Å². The van der Waals surface area contributed by atoms with Crippen molar-refractivity contribution in [2.24, 2.45) is 23.7 Å². The molecule has 0 aromatic rings. The van der Waals surface area contributed by atoms with Crippen LogP contribution in [0.4, 0.5) is 4.79 Å². The van der Waals surface area contributed by atoms with Crippen molar-refractivity contribution in [3.05, 3.63) is 0 Å². The first-order valence-corrected chi connectivity index (χ1v) is 7.85. The summed E-state index contributed by atoms with van der Waals surface area (Å²) in [6.07, 6.45) is 6.75. The van der Waals surface area contributed by atoms with Gasteiger partial charge in [0.15, 0.2) is 0 Å². The molecule has 4 rings (SSSR count). The fourth-order valence-electron chi connectivity index (χ4n) is 4.84. The number of carbonyl (C=O) groups is 2. The molecule has 0 unspecified atom stereocenters. The fourth-order valence-corrected chi connectivity index (χ4v) is 4.84. The summed E-state index contributed by atoms with van der Waals surface area (Å²) < 4.78 is 0. The lowest BCUT2D eigenvalue weighted by Gasteiger charge is -2.55. The Morgan fingerprint density at radius 3 is 2.05 bits per heavy atom. The van der Waals surface area contributed by atoms with Crippen molar-refractivity contribution >= 4 is 11.9 Å². The van der Waals surface area contributed by atoms with Crippen LogP contribution in [-0.4, -0.2) is 31.1 Å². The third-order valence-corrected chi connectivity index (χ3v) is 5.53. The summed E-state index contributed by atoms with van der Waals surface area (Å²) in [6.45, 7) is 1.85. The number of amides is 3. The maximum absolute atomic E-state index is 11.9. The first kappa shape index (κ1) is 13.9. The molecule has 0 saturated heterocycles. The van der Waals surface area contributed by atoms with Gasteiger partial charge in [0.05, 0.1) is 6.04 Å². The molecule has 1 atom stereocenters. The van der Waals surface area contributed by atoms with E-state index in [1.807, 2.05) is 6.92 Å². The normalized spacial score (nSPS) is 39.4. The van der Waals surface area contributed by atoms with Gasteiger partial charge in [-0.1, -0.05) is 0 Å². The van der Waals surface area contributed by atoms with E-state index in [1.165, 1.54) is 39.2 Å². The van der Waals surface area contributed by atoms with Gasteiger partial charge in [0.25, 0.3) is 0 Å². The number of imide groups is 1. The summed E-state index contributed by atoms with van der Waals surface area (Å²) in [4.78, 5) is 23.1. The first-order valence-electron chi connectivity index (χ1n) is 7.85. The first-order chi connectivity index (χ1) is 9.56. The van der Waals surface area contributed by atoms with E-state index < -0.39 is 6.03 Å². The van der Waals surface area contributed by atoms with E-state index in [4.69, 9.17) is 0 Å². The Morgan fingerprint density at radius 2 is 1.55 bits per heavy atom. The highest BCUT2D eigenvalue weighted by atomic mass is 16.2. The largest absolute Gasteiger partial charge is 0.341 e. The minimum Gasteiger partial charge on any atom is -0.341 e. The Kier molecular flexibility index (Phi) is 3.71. The topological polar surface area (TPSA) is 70.2 Å². The average molecular weight is 279 g/mol. The van der Waals surface area contributed by atoms with Crippen LogP contribution in [0.25, 0.3) is 0 Å². The van der Waals surface area contributed by atoms with Gasteiger partial charge in [0, 0.05) is 13.1 Å². The minimum absolute atomic E-state index is 0.238. The third-order valence-electron chi connectivity index (χ3n) is 5.53. The second kappa shape index (κ2) is 5.35. The maximum Gasteiger partial charge on any atom is 0.321 e. The highest BCUT2D eigenvalue weighted by molar-refractivity contribution is 5.96. The highest BCUT2D eigenvalue weighted by Gasteiger charge is 2.48. The second-order valence-corrected chi connectivity index (χ2v) is 6.91. The molecule has 0 heterocycles. The van der Waals surface area contributed by atoms with Crippen molar-refractivity contribution in [1.82, 2.24) is 16.0 Å². The van der Waals surface area contributed by atoms with Gasteiger partial charge in [-0.05, 0) is 62.7 Å². The van der Waals surface area contributed by atoms with Crippen LogP contribution in [0.5, 0.6) is 0 Å². The summed E-state index contributed by atoms with van der Waals surface area (Å²) >= 11 is 0. The van der Waals surface area contributed by atoms with Gasteiger partial charge in [0.1, 0.15) is 0 Å². The Hall–Kier alpha value is -1.10. The lowest BCUT2D eigenvalue weighted by Crippen LogP contribution is -2.59. The average Bonchev–Trinajstić information content (AvgIpc) is 2.41. The molecule has 0 radical (unpaired) electrons. The van der Waals surface area contributed by atoms with Crippen molar-refractivity contribution < 1.29 is 9.59 Å². The van der Waals surface area contributed by atoms with Crippen molar-refractivity contribution in [2.45, 2.75) is 51.1 Å². The number of nitrogens with one attached hydrogen (secondary N) is 3. The Labute approximate surface area is 120 Å². The zero-order valence-electron chi connectivity index (χ0n) is 12.3. The maximum atomic E-state index is 11.9. The van der Waals surface area contributed by atoms with Crippen LogP contribution >= 0.6 is 0 Å². The monoisotopic (exact) mass is 279 g/mol. The van der Waals surface area contributed by atoms with Gasteiger partial charge < -0.3 is 10.6 Å². The molecule has 5 nitrogen and oxygen atoms in total. The van der Waals surface area contributed by atoms with E-state index in [0.717, 1.165) is 23.7 Å². The molecule has 0 aliphatic heterocycles. The SMILES string of the molecule is CNC(=O)NC(=O)[C@@H](C)NC1C2CC3CC(C2)CC1C3. The molecule has 4 fully saturated rings. The van der Waals surface area contributed by atoms with Crippen LogP contribution in [0.3, 0.4) is 0 Å². The summed E-state index contributed by atoms with van der Waals surface area (Å²) in [5, 5.41) is 8.26. The van der Waals surface area contributed by atoms with Gasteiger partial charge >= 0.3 is 6.03 Å². The quantitative estimate of drug-likeness (QED) is 0.728. The zero-order valence-corrected chi connectivity index (χ0v) is 12.3. The van der Waals surface area contributed by atoms with Crippen LogP contribution in [0.2, 0.25) is 0 Å². The summed E-state index contributed by atoms with van der Waals surface area (Å²) in [6, 6.07) is -0.281. The number of carbonyl (C=O) groups excluding carboxylic acids is 2. The predicted octanol–water partition coefficient (Wildman–Crippen LogP) is 1.24. The van der Waals surface area contributed by atoms with Crippen LogP contribution in [-0.2, 0) is 4.79 Å². The summed E-state index contributed by atoms with van der Waals surface area (Å²) in [7, 11) is 1.51. The van der Waals surface area contributed by atoms with Crippen molar-refractivity contribution in [1.29, 1.82) is 0 Å². The fraction of sp³-hybridized carbons (Fsp3) is 0.867. The highest BCUT2D eigenvalue weighted by Crippen LogP contribution is 2.53. The summed E-state index contributed by atoms with van der Waals surface area (Å²) in [5.41, 5.74) is 0. The lowest BCUT2D eigenvalue weighted by molar-refractivity contribution is -0.122. The molecule has 0 aromatic carbocycles.